The van der Waals surface area contributed by atoms with Crippen LogP contribution in [-0.2, 0) is 4.74 Å². The lowest BCUT2D eigenvalue weighted by molar-refractivity contribution is 0.0512. The van der Waals surface area contributed by atoms with Gasteiger partial charge in [-0.05, 0) is 54.1 Å². The maximum Gasteiger partial charge on any atom is 0.364 e. The first-order valence-corrected chi connectivity index (χ1v) is 9.20. The molecule has 10 heteroatoms. The van der Waals surface area contributed by atoms with Gasteiger partial charge in [0.25, 0.3) is 5.88 Å². The minimum Gasteiger partial charge on any atom is -0.466 e. The van der Waals surface area contributed by atoms with E-state index in [2.05, 4.69) is 15.4 Å². The molecule has 0 saturated carbocycles. The van der Waals surface area contributed by atoms with Gasteiger partial charge in [0.15, 0.2) is 12.4 Å². The lowest BCUT2D eigenvalue weighted by atomic mass is 10.1. The monoisotopic (exact) mass is 430 g/mol. The highest BCUT2D eigenvalue weighted by Gasteiger charge is 2.23. The second kappa shape index (κ2) is 9.75. The first-order valence-electron chi connectivity index (χ1n) is 8.82. The van der Waals surface area contributed by atoms with E-state index in [1.54, 1.807) is 31.2 Å². The molecule has 1 heterocycles. The van der Waals surface area contributed by atoms with Crippen molar-refractivity contribution < 1.29 is 23.5 Å². The summed E-state index contributed by atoms with van der Waals surface area (Å²) in [6.07, 6.45) is 1.37. The number of hydrogen-bond acceptors (Lipinski definition) is 7. The average molecular weight is 431 g/mol. The molecule has 154 valence electrons. The molecule has 0 atom stereocenters. The van der Waals surface area contributed by atoms with E-state index in [9.17, 15) is 14.0 Å². The van der Waals surface area contributed by atoms with Crippen LogP contribution in [-0.4, -0.2) is 46.3 Å². The van der Waals surface area contributed by atoms with Crippen molar-refractivity contribution >= 4 is 29.6 Å². The van der Waals surface area contributed by atoms with Crippen LogP contribution in [0.3, 0.4) is 0 Å². The molecule has 0 fully saturated rings. The molecule has 0 amide bonds. The van der Waals surface area contributed by atoms with E-state index in [0.29, 0.717) is 16.1 Å². The van der Waals surface area contributed by atoms with Gasteiger partial charge < -0.3 is 9.47 Å². The average Bonchev–Trinajstić information content (AvgIpc) is 3.15. The first-order chi connectivity index (χ1) is 14.5. The van der Waals surface area contributed by atoms with Gasteiger partial charge in [-0.1, -0.05) is 28.5 Å². The van der Waals surface area contributed by atoms with Gasteiger partial charge in [-0.15, -0.1) is 5.10 Å². The van der Waals surface area contributed by atoms with Gasteiger partial charge in [0, 0.05) is 10.6 Å². The number of carbonyl (C=O) groups is 2. The summed E-state index contributed by atoms with van der Waals surface area (Å²) in [5.41, 5.74) is 0.732. The van der Waals surface area contributed by atoms with Crippen molar-refractivity contribution in [2.45, 2.75) is 6.92 Å². The number of esters is 1. The fraction of sp³-hybridized carbons (Fsp3) is 0.150. The number of nitrogens with zero attached hydrogens (tertiary/aromatic N) is 4. The van der Waals surface area contributed by atoms with Crippen molar-refractivity contribution in [2.24, 2.45) is 5.10 Å². The third-order valence-electron chi connectivity index (χ3n) is 3.77. The van der Waals surface area contributed by atoms with Crippen molar-refractivity contribution in [1.29, 1.82) is 0 Å². The molecular weight excluding hydrogens is 415 g/mol. The Bertz CT molecular complexity index is 1070. The third-order valence-corrected chi connectivity index (χ3v) is 4.03. The molecule has 0 bridgehead atoms. The molecule has 1 aromatic heterocycles. The minimum atomic E-state index is -0.769. The molecule has 3 rings (SSSR count). The second-order valence-corrected chi connectivity index (χ2v) is 6.30. The van der Waals surface area contributed by atoms with E-state index < -0.39 is 12.6 Å². The molecule has 0 aliphatic rings. The van der Waals surface area contributed by atoms with Gasteiger partial charge >= 0.3 is 5.97 Å². The van der Waals surface area contributed by atoms with Crippen molar-refractivity contribution in [3.8, 4) is 5.88 Å². The molecular formula is C20H16ClFN4O4. The summed E-state index contributed by atoms with van der Waals surface area (Å²) in [7, 11) is 0. The van der Waals surface area contributed by atoms with E-state index >= 15 is 0 Å². The van der Waals surface area contributed by atoms with Crippen LogP contribution in [0.1, 0.15) is 33.3 Å². The van der Waals surface area contributed by atoms with Crippen LogP contribution in [0.2, 0.25) is 5.02 Å². The van der Waals surface area contributed by atoms with Crippen molar-refractivity contribution in [3.05, 3.63) is 76.2 Å². The smallest absolute Gasteiger partial charge is 0.364 e. The van der Waals surface area contributed by atoms with Crippen LogP contribution < -0.4 is 4.74 Å². The van der Waals surface area contributed by atoms with Crippen LogP contribution >= 0.6 is 11.6 Å². The molecule has 0 aliphatic heterocycles. The molecule has 0 unspecified atom stereocenters. The number of Topliss-reactive ketones (excluding diaryl/α,β-unsaturated/α-hetero) is 1. The zero-order valence-electron chi connectivity index (χ0n) is 15.8. The number of hydrogen-bond donors (Lipinski definition) is 0. The van der Waals surface area contributed by atoms with Crippen LogP contribution in [0, 0.1) is 5.82 Å². The zero-order chi connectivity index (χ0) is 21.5. The zero-order valence-corrected chi connectivity index (χ0v) is 16.5. The van der Waals surface area contributed by atoms with Gasteiger partial charge in [-0.3, -0.25) is 4.79 Å². The van der Waals surface area contributed by atoms with Crippen LogP contribution in [0.25, 0.3) is 0 Å². The molecule has 0 spiro atoms. The number of ether oxygens (including phenoxy) is 2. The van der Waals surface area contributed by atoms with Crippen LogP contribution in [0.15, 0.2) is 53.6 Å². The Labute approximate surface area is 175 Å². The van der Waals surface area contributed by atoms with Crippen molar-refractivity contribution in [2.75, 3.05) is 13.2 Å². The standard InChI is InChI=1S/C20H16ClFN4O4/c1-2-29-20(28)18-19(30-12-17(27)14-5-7-15(21)8-6-14)26(25-24-18)23-11-13-3-9-16(22)10-4-13/h3-11H,2,12H2,1H3/b23-11-. The van der Waals surface area contributed by atoms with E-state index in [1.165, 1.54) is 30.5 Å². The van der Waals surface area contributed by atoms with E-state index in [4.69, 9.17) is 21.1 Å². The Balaban J connectivity index is 1.82. The number of benzene rings is 2. The van der Waals surface area contributed by atoms with Gasteiger partial charge in [-0.25, -0.2) is 9.18 Å². The summed E-state index contributed by atoms with van der Waals surface area (Å²) in [5, 5.41) is 12.0. The summed E-state index contributed by atoms with van der Waals surface area (Å²) in [6, 6.07) is 11.8. The predicted molar refractivity (Wildman–Crippen MR) is 107 cm³/mol. The van der Waals surface area contributed by atoms with Crippen LogP contribution in [0.5, 0.6) is 5.88 Å². The molecule has 0 aliphatic carbocycles. The highest BCUT2D eigenvalue weighted by Crippen LogP contribution is 2.18. The molecule has 30 heavy (non-hydrogen) atoms. The normalized spacial score (nSPS) is 10.9. The van der Waals surface area contributed by atoms with E-state index in [-0.39, 0.29) is 29.8 Å². The lowest BCUT2D eigenvalue weighted by Crippen LogP contribution is -2.15. The number of rotatable bonds is 8. The molecule has 0 radical (unpaired) electrons. The summed E-state index contributed by atoms with van der Waals surface area (Å²) in [5.74, 6) is -1.66. The summed E-state index contributed by atoms with van der Waals surface area (Å²) in [6.45, 7) is 1.36. The maximum absolute atomic E-state index is 13.0. The number of carbonyl (C=O) groups excluding carboxylic acids is 2. The Morgan fingerprint density at radius 1 is 1.17 bits per heavy atom. The van der Waals surface area contributed by atoms with E-state index in [1.807, 2.05) is 0 Å². The van der Waals surface area contributed by atoms with Gasteiger partial charge in [0.2, 0.25) is 5.69 Å². The second-order valence-electron chi connectivity index (χ2n) is 5.87. The topological polar surface area (TPSA) is 95.7 Å². The molecule has 0 N–H and O–H groups in total. The number of aromatic nitrogens is 3. The quantitative estimate of drug-likeness (QED) is 0.309. The van der Waals surface area contributed by atoms with Gasteiger partial charge in [0.05, 0.1) is 12.8 Å². The highest BCUT2D eigenvalue weighted by atomic mass is 35.5. The minimum absolute atomic E-state index is 0.119. The summed E-state index contributed by atoms with van der Waals surface area (Å²) < 4.78 is 23.5. The van der Waals surface area contributed by atoms with E-state index in [0.717, 1.165) is 4.79 Å². The lowest BCUT2D eigenvalue weighted by Gasteiger charge is -2.07. The first kappa shape index (κ1) is 21.1. The largest absolute Gasteiger partial charge is 0.466 e. The Kier molecular flexibility index (Phi) is 6.87. The summed E-state index contributed by atoms with van der Waals surface area (Å²) >= 11 is 5.82. The Hall–Kier alpha value is -3.59. The molecule has 3 aromatic rings. The van der Waals surface area contributed by atoms with Gasteiger partial charge in [-0.2, -0.15) is 5.10 Å². The SMILES string of the molecule is CCOC(=O)c1nnn(/N=C\c2ccc(F)cc2)c1OCC(=O)c1ccc(Cl)cc1. The Morgan fingerprint density at radius 2 is 1.87 bits per heavy atom. The van der Waals surface area contributed by atoms with Crippen LogP contribution in [0.4, 0.5) is 4.39 Å². The fourth-order valence-corrected chi connectivity index (χ4v) is 2.44. The fourth-order valence-electron chi connectivity index (χ4n) is 2.32. The predicted octanol–water partition coefficient (Wildman–Crippen LogP) is 3.39. The number of ketones is 1. The molecule has 0 saturated heterocycles. The van der Waals surface area contributed by atoms with Crippen molar-refractivity contribution in [1.82, 2.24) is 15.1 Å². The van der Waals surface area contributed by atoms with Crippen molar-refractivity contribution in [3.63, 3.8) is 0 Å². The highest BCUT2D eigenvalue weighted by molar-refractivity contribution is 6.30. The van der Waals surface area contributed by atoms with Gasteiger partial charge in [0.1, 0.15) is 5.82 Å². The Morgan fingerprint density at radius 3 is 2.53 bits per heavy atom. The molecule has 8 nitrogen and oxygen atoms in total. The maximum atomic E-state index is 13.0. The molecule has 2 aromatic carbocycles. The third kappa shape index (κ3) is 5.26. The summed E-state index contributed by atoms with van der Waals surface area (Å²) in [4.78, 5) is 25.5. The number of halogens is 2.